The lowest BCUT2D eigenvalue weighted by molar-refractivity contribution is -0.135. The molecule has 0 aliphatic carbocycles. The minimum absolute atomic E-state index is 0.0669. The highest BCUT2D eigenvalue weighted by molar-refractivity contribution is 5.28. The van der Waals surface area contributed by atoms with Crippen LogP contribution in [0.2, 0.25) is 0 Å². The Kier molecular flexibility index (Phi) is 5.63. The molecule has 0 saturated carbocycles. The summed E-state index contributed by atoms with van der Waals surface area (Å²) in [5, 5.41) is 3.13. The minimum Gasteiger partial charge on any atom is -0.310 e. The second kappa shape index (κ2) is 6.61. The number of hydrogen-bond donors (Lipinski definition) is 1. The summed E-state index contributed by atoms with van der Waals surface area (Å²) in [5.74, 6) is 0. The predicted molar refractivity (Wildman–Crippen MR) is 76.8 cm³/mol. The van der Waals surface area contributed by atoms with Crippen LogP contribution < -0.4 is 5.32 Å². The quantitative estimate of drug-likeness (QED) is 0.753. The van der Waals surface area contributed by atoms with Crippen molar-refractivity contribution in [3.8, 4) is 0 Å². The molecule has 0 heterocycles. The summed E-state index contributed by atoms with van der Waals surface area (Å²) in [7, 11) is 0. The number of alkyl halides is 3. The molecular weight excluding hydrogens is 263 g/mol. The first-order chi connectivity index (χ1) is 9.09. The van der Waals surface area contributed by atoms with Gasteiger partial charge < -0.3 is 5.32 Å². The van der Waals surface area contributed by atoms with Crippen molar-refractivity contribution in [3.05, 3.63) is 35.4 Å². The Balaban J connectivity index is 2.46. The van der Waals surface area contributed by atoms with E-state index in [-0.39, 0.29) is 17.9 Å². The van der Waals surface area contributed by atoms with Crippen molar-refractivity contribution in [3.63, 3.8) is 0 Å². The standard InChI is InChI=1S/C16H24F3N/c1-12(20-11-5-10-16(17,18)19)13-6-8-14(9-7-13)15(2,3)4/h6-9,12,20H,5,10-11H2,1-4H3. The van der Waals surface area contributed by atoms with Gasteiger partial charge in [-0.1, -0.05) is 45.0 Å². The molecule has 1 rings (SSSR count). The lowest BCUT2D eigenvalue weighted by atomic mass is 9.86. The third kappa shape index (κ3) is 5.95. The van der Waals surface area contributed by atoms with Crippen LogP contribution in [0.4, 0.5) is 13.2 Å². The molecule has 1 atom stereocenters. The zero-order valence-corrected chi connectivity index (χ0v) is 12.6. The van der Waals surface area contributed by atoms with Crippen molar-refractivity contribution in [2.45, 2.75) is 58.2 Å². The lowest BCUT2D eigenvalue weighted by Gasteiger charge is -2.20. The number of hydrogen-bond acceptors (Lipinski definition) is 1. The Morgan fingerprint density at radius 2 is 1.60 bits per heavy atom. The van der Waals surface area contributed by atoms with Gasteiger partial charge in [-0.3, -0.25) is 0 Å². The Labute approximate surface area is 119 Å². The average molecular weight is 287 g/mol. The van der Waals surface area contributed by atoms with Crippen molar-refractivity contribution in [1.82, 2.24) is 5.32 Å². The molecule has 0 aromatic heterocycles. The largest absolute Gasteiger partial charge is 0.389 e. The molecule has 0 bridgehead atoms. The van der Waals surface area contributed by atoms with Crippen LogP contribution in [0, 0.1) is 0 Å². The van der Waals surface area contributed by atoms with E-state index >= 15 is 0 Å². The molecule has 0 aliphatic rings. The van der Waals surface area contributed by atoms with Crippen molar-refractivity contribution in [2.24, 2.45) is 0 Å². The number of rotatable bonds is 5. The zero-order chi connectivity index (χ0) is 15.4. The molecule has 20 heavy (non-hydrogen) atoms. The van der Waals surface area contributed by atoms with Gasteiger partial charge in [0, 0.05) is 12.5 Å². The SMILES string of the molecule is CC(NCCCC(F)(F)F)c1ccc(C(C)(C)C)cc1. The van der Waals surface area contributed by atoms with Crippen molar-refractivity contribution in [2.75, 3.05) is 6.54 Å². The van der Waals surface area contributed by atoms with Gasteiger partial charge in [-0.05, 0) is 36.4 Å². The molecule has 0 amide bonds. The highest BCUT2D eigenvalue weighted by Crippen LogP contribution is 2.24. The smallest absolute Gasteiger partial charge is 0.310 e. The summed E-state index contributed by atoms with van der Waals surface area (Å²) in [5.41, 5.74) is 2.47. The Bertz CT molecular complexity index is 401. The normalized spacial score (nSPS) is 14.3. The molecule has 0 saturated heterocycles. The van der Waals surface area contributed by atoms with Crippen LogP contribution in [0.1, 0.15) is 57.7 Å². The first-order valence-corrected chi connectivity index (χ1v) is 7.00. The predicted octanol–water partition coefficient (Wildman–Crippen LogP) is 4.98. The van der Waals surface area contributed by atoms with Crippen LogP contribution in [0.3, 0.4) is 0 Å². The van der Waals surface area contributed by atoms with Gasteiger partial charge in [0.25, 0.3) is 0 Å². The van der Waals surface area contributed by atoms with Crippen LogP contribution in [0.5, 0.6) is 0 Å². The molecule has 0 radical (unpaired) electrons. The van der Waals surface area contributed by atoms with Gasteiger partial charge in [0.2, 0.25) is 0 Å². The Hall–Kier alpha value is -1.03. The summed E-state index contributed by atoms with van der Waals surface area (Å²) in [6.07, 6.45) is -4.66. The molecule has 4 heteroatoms. The monoisotopic (exact) mass is 287 g/mol. The average Bonchev–Trinajstić information content (AvgIpc) is 2.32. The van der Waals surface area contributed by atoms with E-state index in [1.165, 1.54) is 5.56 Å². The third-order valence-electron chi connectivity index (χ3n) is 3.36. The molecule has 1 aromatic carbocycles. The van der Waals surface area contributed by atoms with Crippen molar-refractivity contribution in [1.29, 1.82) is 0 Å². The fourth-order valence-corrected chi connectivity index (χ4v) is 2.00. The molecule has 0 fully saturated rings. The highest BCUT2D eigenvalue weighted by Gasteiger charge is 2.25. The fourth-order valence-electron chi connectivity index (χ4n) is 2.00. The maximum atomic E-state index is 12.0. The number of benzene rings is 1. The van der Waals surface area contributed by atoms with Gasteiger partial charge in [0.1, 0.15) is 0 Å². The summed E-state index contributed by atoms with van der Waals surface area (Å²) < 4.78 is 36.1. The number of halogens is 3. The van der Waals surface area contributed by atoms with Crippen LogP contribution in [0.25, 0.3) is 0 Å². The zero-order valence-electron chi connectivity index (χ0n) is 12.6. The first kappa shape index (κ1) is 17.0. The summed E-state index contributed by atoms with van der Waals surface area (Å²) >= 11 is 0. The summed E-state index contributed by atoms with van der Waals surface area (Å²) in [6.45, 7) is 8.81. The van der Waals surface area contributed by atoms with Gasteiger partial charge in [0.15, 0.2) is 0 Å². The topological polar surface area (TPSA) is 12.0 Å². The molecule has 1 nitrogen and oxygen atoms in total. The van der Waals surface area contributed by atoms with E-state index in [1.54, 1.807) is 0 Å². The molecule has 1 N–H and O–H groups in total. The maximum absolute atomic E-state index is 12.0. The molecule has 114 valence electrons. The van der Waals surface area contributed by atoms with Crippen LogP contribution in [-0.2, 0) is 5.41 Å². The Morgan fingerprint density at radius 3 is 2.05 bits per heavy atom. The van der Waals surface area contributed by atoms with E-state index in [4.69, 9.17) is 0 Å². The first-order valence-electron chi connectivity index (χ1n) is 7.00. The minimum atomic E-state index is -4.06. The molecule has 1 unspecified atom stereocenters. The van der Waals surface area contributed by atoms with E-state index in [9.17, 15) is 13.2 Å². The van der Waals surface area contributed by atoms with Crippen LogP contribution >= 0.6 is 0 Å². The van der Waals surface area contributed by atoms with Gasteiger partial charge >= 0.3 is 6.18 Å². The van der Waals surface area contributed by atoms with E-state index < -0.39 is 12.6 Å². The number of nitrogens with one attached hydrogen (secondary N) is 1. The van der Waals surface area contributed by atoms with E-state index in [0.717, 1.165) is 5.56 Å². The fraction of sp³-hybridized carbons (Fsp3) is 0.625. The van der Waals surface area contributed by atoms with Crippen molar-refractivity contribution >= 4 is 0 Å². The summed E-state index contributed by atoms with van der Waals surface area (Å²) in [6, 6.07) is 8.33. The van der Waals surface area contributed by atoms with E-state index in [1.807, 2.05) is 19.1 Å². The van der Waals surface area contributed by atoms with E-state index in [0.29, 0.717) is 6.54 Å². The second-order valence-electron chi connectivity index (χ2n) is 6.27. The van der Waals surface area contributed by atoms with Gasteiger partial charge in [-0.15, -0.1) is 0 Å². The molecule has 0 spiro atoms. The van der Waals surface area contributed by atoms with Gasteiger partial charge in [-0.2, -0.15) is 13.2 Å². The van der Waals surface area contributed by atoms with Crippen molar-refractivity contribution < 1.29 is 13.2 Å². The molecule has 1 aromatic rings. The van der Waals surface area contributed by atoms with Crippen LogP contribution in [-0.4, -0.2) is 12.7 Å². The van der Waals surface area contributed by atoms with E-state index in [2.05, 4.69) is 38.2 Å². The summed E-state index contributed by atoms with van der Waals surface area (Å²) in [4.78, 5) is 0. The second-order valence-corrected chi connectivity index (χ2v) is 6.27. The third-order valence-corrected chi connectivity index (χ3v) is 3.36. The van der Waals surface area contributed by atoms with Gasteiger partial charge in [0.05, 0.1) is 0 Å². The maximum Gasteiger partial charge on any atom is 0.389 e. The van der Waals surface area contributed by atoms with Crippen LogP contribution in [0.15, 0.2) is 24.3 Å². The molecule has 0 aliphatic heterocycles. The van der Waals surface area contributed by atoms with Gasteiger partial charge in [-0.25, -0.2) is 0 Å². The lowest BCUT2D eigenvalue weighted by Crippen LogP contribution is -2.21. The highest BCUT2D eigenvalue weighted by atomic mass is 19.4. The Morgan fingerprint density at radius 1 is 1.05 bits per heavy atom. The molecular formula is C16H24F3N.